The van der Waals surface area contributed by atoms with Crippen LogP contribution >= 0.6 is 0 Å². The van der Waals surface area contributed by atoms with Crippen molar-refractivity contribution in [2.45, 2.75) is 77.0 Å². The summed E-state index contributed by atoms with van der Waals surface area (Å²) in [5.41, 5.74) is 2.44. The second kappa shape index (κ2) is 26.6. The van der Waals surface area contributed by atoms with Gasteiger partial charge in [-0.25, -0.2) is 9.59 Å². The van der Waals surface area contributed by atoms with E-state index in [9.17, 15) is 19.8 Å². The van der Waals surface area contributed by atoms with E-state index in [4.69, 9.17) is 39.4 Å². The standard InChI is InChI=1S/2C15H25NO3.C4H6O6/c2*1-12(2)16-10-14(17)11-19-15-6-4-13(5-7-15)8-9-18-3;5-1(3(7)8)2(6)4(9)10/h2*4-7,12,14,16-17H,8-11H2,1-3H3;1-2,5-6H,(H,7,8)(H,9,10)/t2*14-;1-,2?/m111/s1. The maximum atomic E-state index is 9.77. The van der Waals surface area contributed by atoms with Gasteiger partial charge >= 0.3 is 11.9 Å². The molecule has 14 nitrogen and oxygen atoms in total. The van der Waals surface area contributed by atoms with E-state index in [0.29, 0.717) is 38.4 Å². The summed E-state index contributed by atoms with van der Waals surface area (Å²) < 4.78 is 21.1. The van der Waals surface area contributed by atoms with Crippen molar-refractivity contribution >= 4 is 11.9 Å². The zero-order valence-electron chi connectivity index (χ0n) is 28.9. The fourth-order valence-electron chi connectivity index (χ4n) is 3.46. The number of carbonyl (C=O) groups is 2. The second-order valence-electron chi connectivity index (χ2n) is 11.4. The van der Waals surface area contributed by atoms with Crippen LogP contribution in [0.4, 0.5) is 0 Å². The number of nitrogens with one attached hydrogen (secondary N) is 2. The van der Waals surface area contributed by atoms with E-state index < -0.39 is 36.4 Å². The van der Waals surface area contributed by atoms with Crippen molar-refractivity contribution < 1.29 is 59.2 Å². The molecule has 0 aliphatic carbocycles. The lowest BCUT2D eigenvalue weighted by atomic mass is 10.1. The summed E-state index contributed by atoms with van der Waals surface area (Å²) in [6, 6.07) is 16.5. The van der Waals surface area contributed by atoms with E-state index >= 15 is 0 Å². The summed E-state index contributed by atoms with van der Waals surface area (Å²) >= 11 is 0. The van der Waals surface area contributed by atoms with Crippen LogP contribution in [0.25, 0.3) is 0 Å². The van der Waals surface area contributed by atoms with E-state index in [1.807, 2.05) is 76.2 Å². The number of benzene rings is 2. The largest absolute Gasteiger partial charge is 0.491 e. The van der Waals surface area contributed by atoms with Gasteiger partial charge in [0.05, 0.1) is 13.2 Å². The molecule has 0 heterocycles. The highest BCUT2D eigenvalue weighted by Gasteiger charge is 2.29. The van der Waals surface area contributed by atoms with Gasteiger partial charge in [-0.2, -0.15) is 0 Å². The molecule has 2 rings (SSSR count). The van der Waals surface area contributed by atoms with Crippen LogP contribution in [0.5, 0.6) is 11.5 Å². The maximum Gasteiger partial charge on any atom is 0.335 e. The molecule has 48 heavy (non-hydrogen) atoms. The first-order valence-corrected chi connectivity index (χ1v) is 15.8. The Bertz CT molecular complexity index is 1010. The molecule has 0 saturated carbocycles. The quantitative estimate of drug-likeness (QED) is 0.0925. The van der Waals surface area contributed by atoms with Crippen LogP contribution in [0.2, 0.25) is 0 Å². The van der Waals surface area contributed by atoms with Crippen LogP contribution in [-0.2, 0) is 31.9 Å². The summed E-state index contributed by atoms with van der Waals surface area (Å²) in [5.74, 6) is -1.97. The van der Waals surface area contributed by atoms with Gasteiger partial charge in [-0.1, -0.05) is 52.0 Å². The molecule has 2 aromatic rings. The molecule has 14 heteroatoms. The molecular formula is C34H56N2O12. The molecule has 2 aromatic carbocycles. The number of hydrogen-bond acceptors (Lipinski definition) is 12. The molecule has 1 unspecified atom stereocenters. The first kappa shape index (κ1) is 44.7. The number of hydrogen-bond donors (Lipinski definition) is 8. The third-order valence-electron chi connectivity index (χ3n) is 6.25. The number of ether oxygens (including phenoxy) is 4. The number of carboxylic acids is 2. The Hall–Kier alpha value is -3.34. The van der Waals surface area contributed by atoms with Crippen molar-refractivity contribution in [1.29, 1.82) is 0 Å². The Labute approximate surface area is 283 Å². The average molecular weight is 685 g/mol. The SMILES string of the molecule is COCCc1ccc(OC[C@H](O)CNC(C)C)cc1.COCCc1ccc(OC[C@H](O)CNC(C)C)cc1.O=C(O)C(O)[C@@H](O)C(=O)O. The van der Waals surface area contributed by atoms with Crippen LogP contribution in [0.1, 0.15) is 38.8 Å². The van der Waals surface area contributed by atoms with Gasteiger partial charge in [0.1, 0.15) is 36.9 Å². The molecule has 0 radical (unpaired) electrons. The first-order chi connectivity index (χ1) is 22.7. The summed E-state index contributed by atoms with van der Waals surface area (Å²) in [6.45, 7) is 11.3. The van der Waals surface area contributed by atoms with E-state index in [2.05, 4.69) is 10.6 Å². The first-order valence-electron chi connectivity index (χ1n) is 15.8. The van der Waals surface area contributed by atoms with Gasteiger partial charge in [0.2, 0.25) is 0 Å². The van der Waals surface area contributed by atoms with Gasteiger partial charge in [-0.3, -0.25) is 0 Å². The number of aliphatic hydroxyl groups excluding tert-OH is 4. The molecule has 274 valence electrons. The molecule has 0 aromatic heterocycles. The predicted molar refractivity (Wildman–Crippen MR) is 181 cm³/mol. The smallest absolute Gasteiger partial charge is 0.335 e. The Morgan fingerprint density at radius 3 is 1.17 bits per heavy atom. The summed E-state index contributed by atoms with van der Waals surface area (Å²) in [7, 11) is 3.40. The minimum Gasteiger partial charge on any atom is -0.491 e. The topological polar surface area (TPSA) is 216 Å². The highest BCUT2D eigenvalue weighted by atomic mass is 16.5. The maximum absolute atomic E-state index is 9.77. The Morgan fingerprint density at radius 1 is 0.604 bits per heavy atom. The van der Waals surface area contributed by atoms with Gasteiger partial charge in [0, 0.05) is 39.4 Å². The predicted octanol–water partition coefficient (Wildman–Crippen LogP) is 1.10. The molecule has 0 bridgehead atoms. The van der Waals surface area contributed by atoms with Gasteiger partial charge in [0.15, 0.2) is 12.2 Å². The van der Waals surface area contributed by atoms with Crippen molar-refractivity contribution in [2.75, 3.05) is 53.7 Å². The van der Waals surface area contributed by atoms with Crippen molar-refractivity contribution in [3.05, 3.63) is 59.7 Å². The fraction of sp³-hybridized carbons (Fsp3) is 0.588. The lowest BCUT2D eigenvalue weighted by Crippen LogP contribution is -2.39. The number of carboxylic acid groups (broad SMARTS) is 2. The zero-order valence-corrected chi connectivity index (χ0v) is 28.9. The highest BCUT2D eigenvalue weighted by Crippen LogP contribution is 2.14. The van der Waals surface area contributed by atoms with Crippen LogP contribution in [0, 0.1) is 0 Å². The molecule has 0 aliphatic heterocycles. The van der Waals surface area contributed by atoms with E-state index in [-0.39, 0.29) is 0 Å². The van der Waals surface area contributed by atoms with Crippen LogP contribution in [0.3, 0.4) is 0 Å². The fourth-order valence-corrected chi connectivity index (χ4v) is 3.46. The van der Waals surface area contributed by atoms with Gasteiger partial charge < -0.3 is 60.2 Å². The normalized spacial score (nSPS) is 13.3. The van der Waals surface area contributed by atoms with Gasteiger partial charge in [-0.05, 0) is 48.2 Å². The van der Waals surface area contributed by atoms with Crippen LogP contribution < -0.4 is 20.1 Å². The van der Waals surface area contributed by atoms with Crippen molar-refractivity contribution in [3.63, 3.8) is 0 Å². The average Bonchev–Trinajstić information content (AvgIpc) is 3.06. The monoisotopic (exact) mass is 684 g/mol. The second-order valence-corrected chi connectivity index (χ2v) is 11.4. The molecular weight excluding hydrogens is 628 g/mol. The summed E-state index contributed by atoms with van der Waals surface area (Å²) in [5, 5.41) is 58.3. The molecule has 0 saturated heterocycles. The molecule has 0 amide bonds. The van der Waals surface area contributed by atoms with Crippen LogP contribution in [0.15, 0.2) is 48.5 Å². The number of aliphatic carboxylic acids is 2. The lowest BCUT2D eigenvalue weighted by Gasteiger charge is -2.15. The van der Waals surface area contributed by atoms with Crippen molar-refractivity contribution in [2.24, 2.45) is 0 Å². The van der Waals surface area contributed by atoms with Crippen LogP contribution in [-0.4, -0.2) is 133 Å². The molecule has 0 aliphatic rings. The highest BCUT2D eigenvalue weighted by molar-refractivity contribution is 5.83. The van der Waals surface area contributed by atoms with Crippen molar-refractivity contribution in [3.8, 4) is 11.5 Å². The summed E-state index contributed by atoms with van der Waals surface area (Å²) in [4.78, 5) is 19.5. The van der Waals surface area contributed by atoms with Crippen molar-refractivity contribution in [1.82, 2.24) is 10.6 Å². The summed E-state index contributed by atoms with van der Waals surface area (Å²) in [6.07, 6.45) is -3.71. The number of rotatable bonds is 21. The van der Waals surface area contributed by atoms with E-state index in [1.165, 1.54) is 11.1 Å². The minimum absolute atomic E-state index is 0.303. The molecule has 4 atom stereocenters. The molecule has 0 spiro atoms. The van der Waals surface area contributed by atoms with Gasteiger partial charge in [-0.15, -0.1) is 0 Å². The van der Waals surface area contributed by atoms with E-state index in [0.717, 1.165) is 37.6 Å². The third-order valence-corrected chi connectivity index (χ3v) is 6.25. The molecule has 8 N–H and O–H groups in total. The molecule has 0 fully saturated rings. The van der Waals surface area contributed by atoms with Gasteiger partial charge in [0.25, 0.3) is 0 Å². The third kappa shape index (κ3) is 23.1. The lowest BCUT2D eigenvalue weighted by molar-refractivity contribution is -0.165. The Morgan fingerprint density at radius 2 is 0.917 bits per heavy atom. The van der Waals surface area contributed by atoms with E-state index in [1.54, 1.807) is 14.2 Å². The number of aliphatic hydroxyl groups is 4. The Balaban J connectivity index is 0.000000727. The zero-order chi connectivity index (χ0) is 36.5. The number of methoxy groups -OCH3 is 2. The minimum atomic E-state index is -2.27. The Kier molecular flexibility index (Phi) is 24.7.